The van der Waals surface area contributed by atoms with E-state index in [4.69, 9.17) is 11.6 Å². The van der Waals surface area contributed by atoms with Crippen molar-refractivity contribution in [3.05, 3.63) is 58.1 Å². The lowest BCUT2D eigenvalue weighted by atomic mass is 10.0. The van der Waals surface area contributed by atoms with Gasteiger partial charge in [-0.05, 0) is 48.6 Å². The quantitative estimate of drug-likeness (QED) is 0.799. The fourth-order valence-corrected chi connectivity index (χ4v) is 4.12. The number of carbonyl (C=O) groups excluding carboxylic acids is 2. The second-order valence-corrected chi connectivity index (χ2v) is 7.96. The van der Waals surface area contributed by atoms with Crippen molar-refractivity contribution < 1.29 is 9.59 Å². The molecule has 0 saturated carbocycles. The summed E-state index contributed by atoms with van der Waals surface area (Å²) in [7, 11) is 0. The molecule has 3 rings (SSSR count). The van der Waals surface area contributed by atoms with Crippen molar-refractivity contribution >= 4 is 34.8 Å². The Morgan fingerprint density at radius 2 is 1.93 bits per heavy atom. The topological polar surface area (TPSA) is 49.4 Å². The molecule has 1 heterocycles. The highest BCUT2D eigenvalue weighted by molar-refractivity contribution is 6.34. The molecule has 1 atom stereocenters. The van der Waals surface area contributed by atoms with Crippen LogP contribution in [0.15, 0.2) is 36.4 Å². The van der Waals surface area contributed by atoms with Crippen molar-refractivity contribution in [2.75, 3.05) is 16.8 Å². The van der Waals surface area contributed by atoms with Gasteiger partial charge in [-0.2, -0.15) is 0 Å². The van der Waals surface area contributed by atoms with E-state index in [0.29, 0.717) is 23.2 Å². The summed E-state index contributed by atoms with van der Waals surface area (Å²) < 4.78 is 0. The van der Waals surface area contributed by atoms with Gasteiger partial charge in [0.05, 0.1) is 16.6 Å². The van der Waals surface area contributed by atoms with Crippen LogP contribution in [-0.4, -0.2) is 18.4 Å². The maximum absolute atomic E-state index is 12.8. The fourth-order valence-electron chi connectivity index (χ4n) is 3.70. The minimum absolute atomic E-state index is 0.0684. The van der Waals surface area contributed by atoms with E-state index in [1.165, 1.54) is 0 Å². The molecule has 2 amide bonds. The van der Waals surface area contributed by atoms with Gasteiger partial charge in [-0.1, -0.05) is 49.7 Å². The van der Waals surface area contributed by atoms with Gasteiger partial charge in [0.2, 0.25) is 11.8 Å². The second-order valence-electron chi connectivity index (χ2n) is 7.55. The van der Waals surface area contributed by atoms with Crippen molar-refractivity contribution in [2.45, 2.75) is 40.0 Å². The molecule has 142 valence electrons. The summed E-state index contributed by atoms with van der Waals surface area (Å²) in [5.74, 6) is -0.285. The molecule has 0 aromatic heterocycles. The van der Waals surface area contributed by atoms with Crippen molar-refractivity contribution in [1.29, 1.82) is 0 Å². The van der Waals surface area contributed by atoms with Crippen molar-refractivity contribution in [2.24, 2.45) is 5.92 Å². The SMILES string of the molecule is Cc1cc(C)c(N2CC(C(=O)Nc3ccccc3C(C)C)CC2=O)c(Cl)c1. The van der Waals surface area contributed by atoms with Crippen LogP contribution in [0.4, 0.5) is 11.4 Å². The second kappa shape index (κ2) is 7.73. The maximum atomic E-state index is 12.8. The van der Waals surface area contributed by atoms with Gasteiger partial charge in [0.1, 0.15) is 0 Å². The third-order valence-corrected chi connectivity index (χ3v) is 5.29. The molecule has 1 aliphatic rings. The Kier molecular flexibility index (Phi) is 5.56. The lowest BCUT2D eigenvalue weighted by Crippen LogP contribution is -2.29. The number of hydrogen-bond acceptors (Lipinski definition) is 2. The lowest BCUT2D eigenvalue weighted by Gasteiger charge is -2.21. The molecule has 0 spiro atoms. The molecule has 0 bridgehead atoms. The molecule has 1 fully saturated rings. The average molecular weight is 385 g/mol. The summed E-state index contributed by atoms with van der Waals surface area (Å²) in [6.07, 6.45) is 0.194. The van der Waals surface area contributed by atoms with Crippen molar-refractivity contribution in [3.63, 3.8) is 0 Å². The highest BCUT2D eigenvalue weighted by Crippen LogP contribution is 2.35. The first-order valence-electron chi connectivity index (χ1n) is 9.24. The molecule has 1 N–H and O–H groups in total. The Bertz CT molecular complexity index is 869. The van der Waals surface area contributed by atoms with E-state index in [9.17, 15) is 9.59 Å². The number of nitrogens with zero attached hydrogens (tertiary/aromatic N) is 1. The van der Waals surface area contributed by atoms with Crippen LogP contribution in [0.5, 0.6) is 0 Å². The predicted octanol–water partition coefficient (Wildman–Crippen LogP) is 5.07. The summed E-state index contributed by atoms with van der Waals surface area (Å²) >= 11 is 6.40. The minimum atomic E-state index is -0.394. The van der Waals surface area contributed by atoms with Crippen LogP contribution in [0.2, 0.25) is 5.02 Å². The average Bonchev–Trinajstić information content (AvgIpc) is 2.96. The van der Waals surface area contributed by atoms with Gasteiger partial charge < -0.3 is 10.2 Å². The van der Waals surface area contributed by atoms with Crippen molar-refractivity contribution in [3.8, 4) is 0 Å². The van der Waals surface area contributed by atoms with Crippen LogP contribution in [0.1, 0.15) is 42.9 Å². The number of para-hydroxylation sites is 1. The standard InChI is InChI=1S/C22H25ClN2O2/c1-13(2)17-7-5-6-8-19(17)24-22(27)16-11-20(26)25(12-16)21-15(4)9-14(3)10-18(21)23/h5-10,13,16H,11-12H2,1-4H3,(H,24,27). The number of anilines is 2. The largest absolute Gasteiger partial charge is 0.326 e. The number of carbonyl (C=O) groups is 2. The van der Waals surface area contributed by atoms with Gasteiger partial charge in [0, 0.05) is 18.7 Å². The molecule has 1 unspecified atom stereocenters. The van der Waals surface area contributed by atoms with Gasteiger partial charge in [-0.25, -0.2) is 0 Å². The molecule has 2 aromatic rings. The molecule has 2 aromatic carbocycles. The lowest BCUT2D eigenvalue weighted by molar-refractivity contribution is -0.122. The number of halogens is 1. The van der Waals surface area contributed by atoms with Crippen LogP contribution in [0.3, 0.4) is 0 Å². The van der Waals surface area contributed by atoms with Crippen LogP contribution in [0, 0.1) is 19.8 Å². The van der Waals surface area contributed by atoms with E-state index in [1.807, 2.05) is 50.2 Å². The third kappa shape index (κ3) is 4.01. The van der Waals surface area contributed by atoms with Gasteiger partial charge in [0.25, 0.3) is 0 Å². The summed E-state index contributed by atoms with van der Waals surface area (Å²) in [5.41, 5.74) is 4.61. The van der Waals surface area contributed by atoms with Crippen molar-refractivity contribution in [1.82, 2.24) is 0 Å². The number of nitrogens with one attached hydrogen (secondary N) is 1. The normalized spacial score (nSPS) is 16.9. The number of benzene rings is 2. The smallest absolute Gasteiger partial charge is 0.229 e. The van der Waals surface area contributed by atoms with E-state index in [-0.39, 0.29) is 18.2 Å². The molecule has 1 saturated heterocycles. The van der Waals surface area contributed by atoms with Crippen LogP contribution in [-0.2, 0) is 9.59 Å². The monoisotopic (exact) mass is 384 g/mol. The van der Waals surface area contributed by atoms with Crippen LogP contribution >= 0.6 is 11.6 Å². The molecule has 4 nitrogen and oxygen atoms in total. The Balaban J connectivity index is 1.79. The Morgan fingerprint density at radius 3 is 2.59 bits per heavy atom. The number of amides is 2. The summed E-state index contributed by atoms with van der Waals surface area (Å²) in [6, 6.07) is 11.6. The first-order chi connectivity index (χ1) is 12.8. The molecular formula is C22H25ClN2O2. The zero-order chi connectivity index (χ0) is 19.7. The van der Waals surface area contributed by atoms with E-state index in [2.05, 4.69) is 19.2 Å². The first kappa shape index (κ1) is 19.4. The number of hydrogen-bond donors (Lipinski definition) is 1. The number of aryl methyl sites for hydroxylation is 2. The van der Waals surface area contributed by atoms with E-state index >= 15 is 0 Å². The third-order valence-electron chi connectivity index (χ3n) is 5.00. The number of rotatable bonds is 4. The van der Waals surface area contributed by atoms with Gasteiger partial charge in [0.15, 0.2) is 0 Å². The zero-order valence-corrected chi connectivity index (χ0v) is 16.9. The molecule has 27 heavy (non-hydrogen) atoms. The Labute approximate surface area is 165 Å². The molecular weight excluding hydrogens is 360 g/mol. The van der Waals surface area contributed by atoms with E-state index in [0.717, 1.165) is 22.4 Å². The van der Waals surface area contributed by atoms with Crippen LogP contribution < -0.4 is 10.2 Å². The first-order valence-corrected chi connectivity index (χ1v) is 9.62. The predicted molar refractivity (Wildman–Crippen MR) is 111 cm³/mol. The van der Waals surface area contributed by atoms with E-state index < -0.39 is 5.92 Å². The van der Waals surface area contributed by atoms with Crippen LogP contribution in [0.25, 0.3) is 0 Å². The summed E-state index contributed by atoms with van der Waals surface area (Å²) in [5, 5.41) is 3.56. The summed E-state index contributed by atoms with van der Waals surface area (Å²) in [4.78, 5) is 27.1. The summed E-state index contributed by atoms with van der Waals surface area (Å²) in [6.45, 7) is 8.44. The highest BCUT2D eigenvalue weighted by atomic mass is 35.5. The highest BCUT2D eigenvalue weighted by Gasteiger charge is 2.36. The Hall–Kier alpha value is -2.33. The maximum Gasteiger partial charge on any atom is 0.229 e. The fraction of sp³-hybridized carbons (Fsp3) is 0.364. The van der Waals surface area contributed by atoms with Gasteiger partial charge in [-0.3, -0.25) is 9.59 Å². The Morgan fingerprint density at radius 1 is 1.22 bits per heavy atom. The molecule has 5 heteroatoms. The van der Waals surface area contributed by atoms with Gasteiger partial charge in [-0.15, -0.1) is 0 Å². The molecule has 1 aliphatic heterocycles. The van der Waals surface area contributed by atoms with E-state index in [1.54, 1.807) is 4.90 Å². The van der Waals surface area contributed by atoms with Gasteiger partial charge >= 0.3 is 0 Å². The minimum Gasteiger partial charge on any atom is -0.326 e. The molecule has 0 aliphatic carbocycles. The zero-order valence-electron chi connectivity index (χ0n) is 16.2. The molecule has 0 radical (unpaired) electrons.